The quantitative estimate of drug-likeness (QED) is 0.395. The lowest BCUT2D eigenvalue weighted by molar-refractivity contribution is -0.384. The Morgan fingerprint density at radius 2 is 2.09 bits per heavy atom. The first-order chi connectivity index (χ1) is 10.9. The van der Waals surface area contributed by atoms with E-state index < -0.39 is 4.92 Å². The number of rotatable bonds is 9. The molecule has 1 unspecified atom stereocenters. The SMILES string of the molecule is COCCCN(C)CC(=O)N(C)C(C)c1cccc([N+](=O)[O-])c1. The van der Waals surface area contributed by atoms with Crippen molar-refractivity contribution in [1.82, 2.24) is 9.80 Å². The molecule has 1 atom stereocenters. The standard InChI is InChI=1S/C16H25N3O4/c1-13(14-7-5-8-15(11-14)19(21)22)18(3)16(20)12-17(2)9-6-10-23-4/h5,7-8,11,13H,6,9-10,12H2,1-4H3. The molecule has 1 aromatic carbocycles. The number of nitrogens with zero attached hydrogens (tertiary/aromatic N) is 3. The number of amides is 1. The highest BCUT2D eigenvalue weighted by Crippen LogP contribution is 2.23. The highest BCUT2D eigenvalue weighted by molar-refractivity contribution is 5.78. The molecular weight excluding hydrogens is 298 g/mol. The van der Waals surface area contributed by atoms with Crippen LogP contribution in [-0.2, 0) is 9.53 Å². The van der Waals surface area contributed by atoms with Gasteiger partial charge < -0.3 is 9.64 Å². The number of hydrogen-bond donors (Lipinski definition) is 0. The maximum absolute atomic E-state index is 12.3. The van der Waals surface area contributed by atoms with Gasteiger partial charge in [-0.15, -0.1) is 0 Å². The third-order valence-electron chi connectivity index (χ3n) is 3.83. The summed E-state index contributed by atoms with van der Waals surface area (Å²) in [6.45, 7) is 3.61. The minimum Gasteiger partial charge on any atom is -0.385 e. The summed E-state index contributed by atoms with van der Waals surface area (Å²) in [7, 11) is 5.26. The molecule has 0 N–H and O–H groups in total. The van der Waals surface area contributed by atoms with Crippen molar-refractivity contribution in [3.05, 3.63) is 39.9 Å². The van der Waals surface area contributed by atoms with E-state index in [1.54, 1.807) is 31.2 Å². The van der Waals surface area contributed by atoms with Crippen LogP contribution >= 0.6 is 0 Å². The molecule has 1 amide bonds. The number of nitro groups is 1. The zero-order valence-corrected chi connectivity index (χ0v) is 14.2. The molecule has 0 saturated carbocycles. The van der Waals surface area contributed by atoms with Crippen LogP contribution in [0.5, 0.6) is 0 Å². The number of benzene rings is 1. The van der Waals surface area contributed by atoms with Crippen molar-refractivity contribution in [2.75, 3.05) is 40.9 Å². The van der Waals surface area contributed by atoms with E-state index in [1.165, 1.54) is 12.1 Å². The van der Waals surface area contributed by atoms with Crippen LogP contribution in [0.3, 0.4) is 0 Å². The van der Waals surface area contributed by atoms with Gasteiger partial charge in [0.2, 0.25) is 5.91 Å². The van der Waals surface area contributed by atoms with E-state index in [9.17, 15) is 14.9 Å². The summed E-state index contributed by atoms with van der Waals surface area (Å²) in [6, 6.07) is 6.16. The van der Waals surface area contributed by atoms with Crippen LogP contribution in [0.25, 0.3) is 0 Å². The average Bonchev–Trinajstić information content (AvgIpc) is 2.53. The van der Waals surface area contributed by atoms with Crippen molar-refractivity contribution in [2.24, 2.45) is 0 Å². The van der Waals surface area contributed by atoms with E-state index in [1.807, 2.05) is 18.9 Å². The fourth-order valence-corrected chi connectivity index (χ4v) is 2.24. The summed E-state index contributed by atoms with van der Waals surface area (Å²) in [5.74, 6) is -0.0241. The number of carbonyl (C=O) groups is 1. The van der Waals surface area contributed by atoms with Gasteiger partial charge in [0.1, 0.15) is 0 Å². The number of nitro benzene ring substituents is 1. The number of likely N-dealkylation sites (N-methyl/N-ethyl adjacent to an activating group) is 2. The lowest BCUT2D eigenvalue weighted by atomic mass is 10.1. The first kappa shape index (κ1) is 19.1. The molecule has 7 heteroatoms. The van der Waals surface area contributed by atoms with E-state index in [0.717, 1.165) is 18.5 Å². The van der Waals surface area contributed by atoms with E-state index in [0.29, 0.717) is 13.2 Å². The summed E-state index contributed by atoms with van der Waals surface area (Å²) >= 11 is 0. The Labute approximate surface area is 137 Å². The summed E-state index contributed by atoms with van der Waals surface area (Å²) < 4.78 is 4.99. The summed E-state index contributed by atoms with van der Waals surface area (Å²) in [5, 5.41) is 10.9. The molecule has 0 aliphatic rings. The van der Waals surface area contributed by atoms with Gasteiger partial charge in [0, 0.05) is 39.4 Å². The van der Waals surface area contributed by atoms with Gasteiger partial charge in [-0.2, -0.15) is 0 Å². The molecule has 0 spiro atoms. The zero-order valence-electron chi connectivity index (χ0n) is 14.2. The molecule has 0 fully saturated rings. The topological polar surface area (TPSA) is 75.9 Å². The van der Waals surface area contributed by atoms with Crippen LogP contribution in [0, 0.1) is 10.1 Å². The molecule has 0 heterocycles. The molecule has 0 bridgehead atoms. The first-order valence-corrected chi connectivity index (χ1v) is 7.54. The van der Waals surface area contributed by atoms with Crippen molar-refractivity contribution in [1.29, 1.82) is 0 Å². The van der Waals surface area contributed by atoms with E-state index >= 15 is 0 Å². The van der Waals surface area contributed by atoms with Crippen molar-refractivity contribution in [3.8, 4) is 0 Å². The number of methoxy groups -OCH3 is 1. The van der Waals surface area contributed by atoms with E-state index in [-0.39, 0.29) is 17.6 Å². The van der Waals surface area contributed by atoms with Gasteiger partial charge in [-0.1, -0.05) is 12.1 Å². The average molecular weight is 323 g/mol. The lowest BCUT2D eigenvalue weighted by Gasteiger charge is -2.27. The van der Waals surface area contributed by atoms with E-state index in [4.69, 9.17) is 4.74 Å². The molecule has 1 rings (SSSR count). The maximum atomic E-state index is 12.3. The van der Waals surface area contributed by atoms with Gasteiger partial charge in [-0.25, -0.2) is 0 Å². The van der Waals surface area contributed by atoms with Crippen LogP contribution < -0.4 is 0 Å². The molecule has 1 aromatic rings. The predicted octanol–water partition coefficient (Wildman–Crippen LogP) is 2.08. The first-order valence-electron chi connectivity index (χ1n) is 7.54. The monoisotopic (exact) mass is 323 g/mol. The van der Waals surface area contributed by atoms with Crippen molar-refractivity contribution < 1.29 is 14.5 Å². The summed E-state index contributed by atoms with van der Waals surface area (Å²) in [5.41, 5.74) is 0.781. The molecular formula is C16H25N3O4. The normalized spacial score (nSPS) is 12.2. The van der Waals surface area contributed by atoms with Gasteiger partial charge in [0.15, 0.2) is 0 Å². The number of ether oxygens (including phenoxy) is 1. The molecule has 0 aliphatic carbocycles. The summed E-state index contributed by atoms with van der Waals surface area (Å²) in [6.07, 6.45) is 0.866. The van der Waals surface area contributed by atoms with Gasteiger partial charge in [-0.3, -0.25) is 19.8 Å². The van der Waals surface area contributed by atoms with Crippen LogP contribution in [0.15, 0.2) is 24.3 Å². The highest BCUT2D eigenvalue weighted by atomic mass is 16.6. The Kier molecular flexibility index (Phi) is 7.64. The van der Waals surface area contributed by atoms with Gasteiger partial charge in [-0.05, 0) is 26.0 Å². The third-order valence-corrected chi connectivity index (χ3v) is 3.83. The minimum atomic E-state index is -0.429. The molecule has 0 saturated heterocycles. The zero-order chi connectivity index (χ0) is 17.4. The summed E-state index contributed by atoms with van der Waals surface area (Å²) in [4.78, 5) is 26.3. The second-order valence-electron chi connectivity index (χ2n) is 5.62. The van der Waals surface area contributed by atoms with Crippen LogP contribution in [0.4, 0.5) is 5.69 Å². The smallest absolute Gasteiger partial charge is 0.269 e. The highest BCUT2D eigenvalue weighted by Gasteiger charge is 2.20. The minimum absolute atomic E-state index is 0.0241. The largest absolute Gasteiger partial charge is 0.385 e. The predicted molar refractivity (Wildman–Crippen MR) is 88.3 cm³/mol. The maximum Gasteiger partial charge on any atom is 0.269 e. The Morgan fingerprint density at radius 1 is 1.39 bits per heavy atom. The number of carbonyl (C=O) groups excluding carboxylic acids is 1. The van der Waals surface area contributed by atoms with Gasteiger partial charge in [0.05, 0.1) is 17.5 Å². The number of hydrogen-bond acceptors (Lipinski definition) is 5. The fraction of sp³-hybridized carbons (Fsp3) is 0.562. The van der Waals surface area contributed by atoms with Crippen LogP contribution in [0.1, 0.15) is 24.9 Å². The molecule has 0 aliphatic heterocycles. The van der Waals surface area contributed by atoms with Gasteiger partial charge in [0.25, 0.3) is 5.69 Å². The van der Waals surface area contributed by atoms with Crippen molar-refractivity contribution in [3.63, 3.8) is 0 Å². The van der Waals surface area contributed by atoms with Crippen molar-refractivity contribution >= 4 is 11.6 Å². The van der Waals surface area contributed by atoms with Gasteiger partial charge >= 0.3 is 0 Å². The van der Waals surface area contributed by atoms with Crippen LogP contribution in [-0.4, -0.2) is 61.5 Å². The fourth-order valence-electron chi connectivity index (χ4n) is 2.24. The van der Waals surface area contributed by atoms with Crippen molar-refractivity contribution in [2.45, 2.75) is 19.4 Å². The Balaban J connectivity index is 2.64. The molecule has 7 nitrogen and oxygen atoms in total. The molecule has 0 radical (unpaired) electrons. The second kappa shape index (κ2) is 9.22. The third kappa shape index (κ3) is 5.96. The second-order valence-corrected chi connectivity index (χ2v) is 5.62. The molecule has 128 valence electrons. The Hall–Kier alpha value is -1.99. The molecule has 0 aromatic heterocycles. The Morgan fingerprint density at radius 3 is 2.70 bits per heavy atom. The van der Waals surface area contributed by atoms with Crippen LogP contribution in [0.2, 0.25) is 0 Å². The number of non-ortho nitro benzene ring substituents is 1. The van der Waals surface area contributed by atoms with E-state index in [2.05, 4.69) is 0 Å². The Bertz CT molecular complexity index is 536. The molecule has 23 heavy (non-hydrogen) atoms. The lowest BCUT2D eigenvalue weighted by Crippen LogP contribution is -2.38.